The first-order valence-corrected chi connectivity index (χ1v) is 7.35. The quantitative estimate of drug-likeness (QED) is 0.340. The summed E-state index contributed by atoms with van der Waals surface area (Å²) in [5.41, 5.74) is 1.03. The lowest BCUT2D eigenvalue weighted by molar-refractivity contribution is -0.384. The second kappa shape index (κ2) is 8.65. The van der Waals surface area contributed by atoms with E-state index in [9.17, 15) is 14.9 Å². The summed E-state index contributed by atoms with van der Waals surface area (Å²) in [7, 11) is 0. The molecule has 0 aromatic heterocycles. The molecule has 1 aromatic carbocycles. The number of carbonyl (C=O) groups excluding carboxylic acids is 1. The Kier molecular flexibility index (Phi) is 7.17. The number of benzene rings is 1. The molecule has 0 fully saturated rings. The van der Waals surface area contributed by atoms with Crippen LogP contribution in [0.1, 0.15) is 22.3 Å². The number of carbonyl (C=O) groups is 1. The van der Waals surface area contributed by atoms with Gasteiger partial charge in [-0.15, -0.1) is 0 Å². The highest BCUT2D eigenvalue weighted by Gasteiger charge is 2.12. The monoisotopic (exact) mass is 344 g/mol. The van der Waals surface area contributed by atoms with Crippen LogP contribution >= 0.6 is 15.9 Å². The fourth-order valence-corrected chi connectivity index (χ4v) is 1.87. The van der Waals surface area contributed by atoms with E-state index in [-0.39, 0.29) is 11.6 Å². The van der Waals surface area contributed by atoms with Crippen LogP contribution in [0, 0.1) is 17.0 Å². The molecule has 0 aliphatic heterocycles. The van der Waals surface area contributed by atoms with Crippen molar-refractivity contribution in [3.8, 4) is 0 Å². The predicted octanol–water partition coefficient (Wildman–Crippen LogP) is 2.43. The van der Waals surface area contributed by atoms with Gasteiger partial charge in [0, 0.05) is 36.2 Å². The maximum absolute atomic E-state index is 11.9. The van der Waals surface area contributed by atoms with Gasteiger partial charge in [-0.2, -0.15) is 0 Å². The number of nitro groups is 1. The Hall–Kier alpha value is -1.47. The summed E-state index contributed by atoms with van der Waals surface area (Å²) >= 11 is 3.25. The van der Waals surface area contributed by atoms with Gasteiger partial charge in [0.25, 0.3) is 11.6 Å². The number of rotatable bonds is 8. The first kappa shape index (κ1) is 16.6. The molecule has 110 valence electrons. The number of alkyl halides is 1. The number of non-ortho nitro benzene ring substituents is 1. The number of nitrogens with one attached hydrogen (secondary N) is 1. The molecule has 6 nitrogen and oxygen atoms in total. The average molecular weight is 345 g/mol. The zero-order chi connectivity index (χ0) is 15.0. The van der Waals surface area contributed by atoms with Crippen molar-refractivity contribution in [3.05, 3.63) is 39.4 Å². The Balaban J connectivity index is 2.45. The van der Waals surface area contributed by atoms with Gasteiger partial charge in [0.1, 0.15) is 0 Å². The van der Waals surface area contributed by atoms with Gasteiger partial charge >= 0.3 is 0 Å². The molecular weight excluding hydrogens is 328 g/mol. The summed E-state index contributed by atoms with van der Waals surface area (Å²) in [4.78, 5) is 22.0. The predicted molar refractivity (Wildman–Crippen MR) is 79.4 cm³/mol. The van der Waals surface area contributed by atoms with E-state index in [0.29, 0.717) is 30.9 Å². The zero-order valence-electron chi connectivity index (χ0n) is 11.2. The van der Waals surface area contributed by atoms with Crippen molar-refractivity contribution in [1.29, 1.82) is 0 Å². The van der Waals surface area contributed by atoms with Crippen molar-refractivity contribution in [2.24, 2.45) is 0 Å². The molecule has 1 amide bonds. The number of aryl methyl sites for hydroxylation is 1. The molecule has 1 N–H and O–H groups in total. The van der Waals surface area contributed by atoms with E-state index < -0.39 is 4.92 Å². The fraction of sp³-hybridized carbons (Fsp3) is 0.462. The maximum atomic E-state index is 11.9. The first-order valence-electron chi connectivity index (χ1n) is 6.23. The minimum atomic E-state index is -0.476. The van der Waals surface area contributed by atoms with E-state index in [0.717, 1.165) is 11.8 Å². The van der Waals surface area contributed by atoms with Crippen LogP contribution in [0.3, 0.4) is 0 Å². The van der Waals surface area contributed by atoms with Gasteiger partial charge in [-0.05, 0) is 25.0 Å². The molecule has 0 spiro atoms. The van der Waals surface area contributed by atoms with Gasteiger partial charge in [-0.1, -0.05) is 15.9 Å². The lowest BCUT2D eigenvalue weighted by Gasteiger charge is -2.07. The average Bonchev–Trinajstić information content (AvgIpc) is 2.42. The molecule has 1 aromatic rings. The molecule has 0 radical (unpaired) electrons. The highest BCUT2D eigenvalue weighted by molar-refractivity contribution is 9.09. The lowest BCUT2D eigenvalue weighted by Crippen LogP contribution is -2.26. The largest absolute Gasteiger partial charge is 0.381 e. The molecule has 0 unspecified atom stereocenters. The standard InChI is InChI=1S/C13H17BrN2O4/c1-10-9-11(16(18)19)3-4-12(10)13(17)15-6-2-7-20-8-5-14/h3-4,9H,2,5-8H2,1H3,(H,15,17). The van der Waals surface area contributed by atoms with Crippen molar-refractivity contribution < 1.29 is 14.5 Å². The molecule has 20 heavy (non-hydrogen) atoms. The third kappa shape index (κ3) is 5.26. The SMILES string of the molecule is Cc1cc([N+](=O)[O-])ccc1C(=O)NCCCOCCBr. The van der Waals surface area contributed by atoms with E-state index in [1.807, 2.05) is 0 Å². The van der Waals surface area contributed by atoms with Crippen LogP contribution in [0.25, 0.3) is 0 Å². The van der Waals surface area contributed by atoms with Crippen molar-refractivity contribution in [2.45, 2.75) is 13.3 Å². The molecule has 7 heteroatoms. The summed E-state index contributed by atoms with van der Waals surface area (Å²) in [5.74, 6) is -0.224. The van der Waals surface area contributed by atoms with Crippen LogP contribution in [-0.4, -0.2) is 35.9 Å². The van der Waals surface area contributed by atoms with Crippen molar-refractivity contribution in [3.63, 3.8) is 0 Å². The van der Waals surface area contributed by atoms with E-state index >= 15 is 0 Å². The number of ether oxygens (including phenoxy) is 1. The Bertz CT molecular complexity index is 479. The minimum absolute atomic E-state index is 0.0118. The van der Waals surface area contributed by atoms with Gasteiger partial charge in [0.05, 0.1) is 11.5 Å². The number of nitro benzene ring substituents is 1. The molecule has 0 aliphatic carbocycles. The summed E-state index contributed by atoms with van der Waals surface area (Å²) < 4.78 is 5.26. The van der Waals surface area contributed by atoms with Crippen molar-refractivity contribution in [1.82, 2.24) is 5.32 Å². The highest BCUT2D eigenvalue weighted by Crippen LogP contribution is 2.16. The summed E-state index contributed by atoms with van der Waals surface area (Å²) in [5, 5.41) is 14.2. The number of halogens is 1. The number of hydrogen-bond donors (Lipinski definition) is 1. The molecule has 1 rings (SSSR count). The van der Waals surface area contributed by atoms with Gasteiger partial charge in [0.15, 0.2) is 0 Å². The normalized spacial score (nSPS) is 10.3. The van der Waals surface area contributed by atoms with Gasteiger partial charge in [-0.3, -0.25) is 14.9 Å². The van der Waals surface area contributed by atoms with E-state index in [1.165, 1.54) is 18.2 Å². The van der Waals surface area contributed by atoms with Gasteiger partial charge in [-0.25, -0.2) is 0 Å². The van der Waals surface area contributed by atoms with Crippen LogP contribution < -0.4 is 5.32 Å². The Labute approximate surface area is 125 Å². The number of hydrogen-bond acceptors (Lipinski definition) is 4. The van der Waals surface area contributed by atoms with Gasteiger partial charge in [0.2, 0.25) is 0 Å². The molecule has 0 atom stereocenters. The van der Waals surface area contributed by atoms with Crippen molar-refractivity contribution in [2.75, 3.05) is 25.1 Å². The van der Waals surface area contributed by atoms with Crippen LogP contribution in [0.15, 0.2) is 18.2 Å². The lowest BCUT2D eigenvalue weighted by atomic mass is 10.1. The van der Waals surface area contributed by atoms with Crippen LogP contribution in [0.5, 0.6) is 0 Å². The highest BCUT2D eigenvalue weighted by atomic mass is 79.9. The second-order valence-electron chi connectivity index (χ2n) is 4.17. The van der Waals surface area contributed by atoms with E-state index in [1.54, 1.807) is 6.92 Å². The Morgan fingerprint density at radius 1 is 1.45 bits per heavy atom. The summed E-state index contributed by atoms with van der Waals surface area (Å²) in [6.07, 6.45) is 0.727. The minimum Gasteiger partial charge on any atom is -0.381 e. The van der Waals surface area contributed by atoms with Crippen LogP contribution in [0.2, 0.25) is 0 Å². The first-order chi connectivity index (χ1) is 9.56. The third-order valence-corrected chi connectivity index (χ3v) is 2.96. The Morgan fingerprint density at radius 3 is 2.80 bits per heavy atom. The molecule has 0 heterocycles. The summed E-state index contributed by atoms with van der Waals surface area (Å²) in [6.45, 7) is 3.43. The number of nitrogens with zero attached hydrogens (tertiary/aromatic N) is 1. The van der Waals surface area contributed by atoms with Crippen LogP contribution in [-0.2, 0) is 4.74 Å². The molecular formula is C13H17BrN2O4. The maximum Gasteiger partial charge on any atom is 0.269 e. The van der Waals surface area contributed by atoms with Crippen molar-refractivity contribution >= 4 is 27.5 Å². The zero-order valence-corrected chi connectivity index (χ0v) is 12.8. The van der Waals surface area contributed by atoms with Crippen LogP contribution in [0.4, 0.5) is 5.69 Å². The molecule has 0 saturated carbocycles. The molecule has 0 aliphatic rings. The van der Waals surface area contributed by atoms with E-state index in [4.69, 9.17) is 4.74 Å². The summed E-state index contributed by atoms with van der Waals surface area (Å²) in [6, 6.07) is 4.21. The topological polar surface area (TPSA) is 81.5 Å². The second-order valence-corrected chi connectivity index (χ2v) is 4.96. The molecule has 0 saturated heterocycles. The third-order valence-electron chi connectivity index (χ3n) is 2.64. The Morgan fingerprint density at radius 2 is 2.20 bits per heavy atom. The molecule has 0 bridgehead atoms. The van der Waals surface area contributed by atoms with Gasteiger partial charge < -0.3 is 10.1 Å². The number of amides is 1. The smallest absolute Gasteiger partial charge is 0.269 e. The van der Waals surface area contributed by atoms with E-state index in [2.05, 4.69) is 21.2 Å². The fourth-order valence-electron chi connectivity index (χ4n) is 1.64.